The van der Waals surface area contributed by atoms with E-state index in [-0.39, 0.29) is 27.8 Å². The Labute approximate surface area is 689 Å². The number of benzene rings is 14. The van der Waals surface area contributed by atoms with Gasteiger partial charge in [-0.1, -0.05) is 448 Å². The van der Waals surface area contributed by atoms with Crippen molar-refractivity contribution in [2.45, 2.75) is 21.3 Å². The van der Waals surface area contributed by atoms with Crippen LogP contribution in [-0.4, -0.2) is 27.1 Å². The van der Waals surface area contributed by atoms with E-state index < -0.39 is 38.8 Å². The zero-order chi connectivity index (χ0) is 75.2. The summed E-state index contributed by atoms with van der Waals surface area (Å²) in [5, 5.41) is 35.5. The normalized spacial score (nSPS) is 10.1. The number of nitrogens with zero attached hydrogens (tertiary/aromatic N) is 2. The summed E-state index contributed by atoms with van der Waals surface area (Å²) in [6, 6.07) is 152. The predicted molar refractivity (Wildman–Crippen MR) is 485 cm³/mol. The molecule has 16 aromatic rings. The largest absolute Gasteiger partial charge is 0.488 e. The number of rotatable bonds is 14. The molecular formula is C97H86BBrCl2N2O2P4Pd. The molecule has 0 aliphatic carbocycles. The van der Waals surface area contributed by atoms with Crippen LogP contribution < -0.4 is 69.1 Å². The Morgan fingerprint density at radius 3 is 0.664 bits per heavy atom. The molecule has 110 heavy (non-hydrogen) atoms. The van der Waals surface area contributed by atoms with Gasteiger partial charge in [-0.25, -0.2) is 4.98 Å². The van der Waals surface area contributed by atoms with Gasteiger partial charge in [-0.3, -0.25) is 4.98 Å². The van der Waals surface area contributed by atoms with Crippen molar-refractivity contribution >= 4 is 147 Å². The number of aryl methyl sites for hydroxylation is 2. The maximum Gasteiger partial charge on any atom is 0.488 e. The van der Waals surface area contributed by atoms with Gasteiger partial charge >= 0.3 is 7.12 Å². The van der Waals surface area contributed by atoms with Gasteiger partial charge in [0.15, 0.2) is 0 Å². The van der Waals surface area contributed by atoms with E-state index in [2.05, 4.69) is 409 Å². The zero-order valence-electron chi connectivity index (χ0n) is 60.3. The van der Waals surface area contributed by atoms with E-state index in [4.69, 9.17) is 33.2 Å². The fourth-order valence-corrected chi connectivity index (χ4v) is 21.1. The van der Waals surface area contributed by atoms with Gasteiger partial charge in [0.2, 0.25) is 0 Å². The zero-order valence-corrected chi connectivity index (χ0v) is 68.6. The smallest absolute Gasteiger partial charge is 0.423 e. The first-order valence-electron chi connectivity index (χ1n) is 35.3. The second kappa shape index (κ2) is 48.5. The molecule has 0 aliphatic heterocycles. The molecule has 14 aromatic carbocycles. The molecule has 0 amide bonds. The van der Waals surface area contributed by atoms with Crippen LogP contribution in [0.5, 0.6) is 0 Å². The number of hydrogen-bond acceptors (Lipinski definition) is 4. The van der Waals surface area contributed by atoms with Crippen LogP contribution in [0, 0.1) is 13.8 Å². The van der Waals surface area contributed by atoms with Crippen molar-refractivity contribution in [3.63, 3.8) is 0 Å². The molecule has 0 spiro atoms. The number of aromatic nitrogens is 2. The van der Waals surface area contributed by atoms with Gasteiger partial charge in [0, 0.05) is 38.4 Å². The van der Waals surface area contributed by atoms with Crippen LogP contribution in [0.3, 0.4) is 0 Å². The summed E-state index contributed by atoms with van der Waals surface area (Å²) >= 11 is 14.8. The van der Waals surface area contributed by atoms with Crippen molar-refractivity contribution in [3.05, 3.63) is 475 Å². The minimum absolute atomic E-state index is 0. The van der Waals surface area contributed by atoms with E-state index in [1.165, 1.54) is 69.2 Å². The fourth-order valence-electron chi connectivity index (χ4n) is 11.3. The second-order valence-electron chi connectivity index (χ2n) is 24.1. The van der Waals surface area contributed by atoms with E-state index in [0.29, 0.717) is 20.1 Å². The van der Waals surface area contributed by atoms with Gasteiger partial charge in [0.25, 0.3) is 0 Å². The van der Waals surface area contributed by atoms with Crippen molar-refractivity contribution < 1.29 is 30.5 Å². The summed E-state index contributed by atoms with van der Waals surface area (Å²) in [6.45, 7) is 3.96. The maximum atomic E-state index is 8.70. The summed E-state index contributed by atoms with van der Waals surface area (Å²) in [5.41, 5.74) is 4.70. The van der Waals surface area contributed by atoms with Crippen molar-refractivity contribution in [3.8, 4) is 11.3 Å². The molecule has 2 N–H and O–H groups in total. The third-order valence-corrected chi connectivity index (χ3v) is 27.5. The molecule has 0 atom stereocenters. The van der Waals surface area contributed by atoms with Gasteiger partial charge in [-0.15, -0.1) is 0 Å². The first-order valence-corrected chi connectivity index (χ1v) is 42.2. The van der Waals surface area contributed by atoms with Crippen LogP contribution in [-0.2, 0) is 20.4 Å². The van der Waals surface area contributed by atoms with Crippen LogP contribution in [0.4, 0.5) is 0 Å². The van der Waals surface area contributed by atoms with Crippen LogP contribution in [0.25, 0.3) is 11.3 Å². The van der Waals surface area contributed by atoms with Gasteiger partial charge in [0.1, 0.15) is 4.60 Å². The number of hydrogen-bond donors (Lipinski definition) is 2. The van der Waals surface area contributed by atoms with Crippen molar-refractivity contribution in [2.24, 2.45) is 0 Å². The Balaban J connectivity index is 0.000000164. The molecule has 16 rings (SSSR count). The van der Waals surface area contributed by atoms with Crippen molar-refractivity contribution in [2.75, 3.05) is 0 Å². The standard InChI is InChI=1S/4C18H15P.C12H10ClN.C7H9BO2.C5H3BrClN.CH4.Pd/c4*1-4-10-16(11-5-1)19(17-12-6-2-7-13-17)18-14-8-3-9-15-18;1-9-4-2-5-10(8-9)12-11(13)6-3-7-14-12;1-6-3-2-4-7(5-6)8(9)10;6-5-4(7)2-1-3-8-5;;/h4*1-15H;2-8H,1H3;2-5,9-10H,1H3;1-3H;1H4;. The third-order valence-electron chi connectivity index (χ3n) is 16.3. The molecule has 2 aromatic heterocycles. The van der Waals surface area contributed by atoms with Gasteiger partial charge in [0.05, 0.1) is 15.7 Å². The average Bonchev–Trinajstić information content (AvgIpc) is 0.819. The topological polar surface area (TPSA) is 66.2 Å². The van der Waals surface area contributed by atoms with Gasteiger partial charge in [-0.05, 0) is 161 Å². The molecule has 0 radical (unpaired) electrons. The molecule has 0 bridgehead atoms. The van der Waals surface area contributed by atoms with E-state index in [9.17, 15) is 0 Å². The molecule has 0 saturated heterocycles. The minimum atomic E-state index is -1.35. The Bertz CT molecular complexity index is 4270. The Morgan fingerprint density at radius 1 is 0.264 bits per heavy atom. The molecule has 0 aliphatic rings. The minimum Gasteiger partial charge on any atom is -0.423 e. The molecule has 0 unspecified atom stereocenters. The Morgan fingerprint density at radius 2 is 0.482 bits per heavy atom. The Hall–Kier alpha value is -9.19. The quantitative estimate of drug-likeness (QED) is 0.0647. The first kappa shape index (κ1) is 86.4. The number of halogens is 3. The SMILES string of the molecule is C.Cc1cccc(-c2ncccc2Cl)c1.Cc1cccc(B(O)O)c1.Clc1cccnc1Br.[Pd].c1ccc(P(c2ccccc2)c2ccccc2)cc1.c1ccc(P(c2ccccc2)c2ccccc2)cc1.c1ccc(P(c2ccccc2)c2ccccc2)cc1.c1ccc(P(c2ccccc2)c2ccccc2)cc1. The van der Waals surface area contributed by atoms with Crippen LogP contribution >= 0.6 is 70.8 Å². The predicted octanol–water partition coefficient (Wildman–Crippen LogP) is 20.3. The summed E-state index contributed by atoms with van der Waals surface area (Å²) < 4.78 is 0.696. The first-order chi connectivity index (χ1) is 53.1. The number of pyridine rings is 2. The van der Waals surface area contributed by atoms with Gasteiger partial charge < -0.3 is 10.0 Å². The van der Waals surface area contributed by atoms with Crippen molar-refractivity contribution in [1.29, 1.82) is 0 Å². The van der Waals surface area contributed by atoms with Crippen LogP contribution in [0.2, 0.25) is 10.0 Å². The summed E-state index contributed by atoms with van der Waals surface area (Å²) in [4.78, 5) is 8.12. The average molecular weight is 1700 g/mol. The van der Waals surface area contributed by atoms with E-state index in [1.807, 2.05) is 37.3 Å². The molecule has 2 heterocycles. The van der Waals surface area contributed by atoms with Crippen LogP contribution in [0.15, 0.2) is 454 Å². The van der Waals surface area contributed by atoms with E-state index in [1.54, 1.807) is 42.7 Å². The molecule has 550 valence electrons. The van der Waals surface area contributed by atoms with Gasteiger partial charge in [-0.2, -0.15) is 0 Å². The summed E-state index contributed by atoms with van der Waals surface area (Å²) in [5.74, 6) is 0. The summed E-state index contributed by atoms with van der Waals surface area (Å²) in [6.07, 6.45) is 3.43. The maximum absolute atomic E-state index is 8.70. The second-order valence-corrected chi connectivity index (χ2v) is 34.6. The monoisotopic (exact) mass is 1700 g/mol. The molecule has 0 saturated carbocycles. The molecule has 0 fully saturated rings. The van der Waals surface area contributed by atoms with E-state index in [0.717, 1.165) is 16.8 Å². The van der Waals surface area contributed by atoms with Crippen molar-refractivity contribution in [1.82, 2.24) is 9.97 Å². The Kier molecular flexibility index (Phi) is 38.1. The fraction of sp³-hybridized carbons (Fsp3) is 0.0309. The van der Waals surface area contributed by atoms with E-state index >= 15 is 0 Å². The molecule has 13 heteroatoms. The molecular weight excluding hydrogens is 1620 g/mol. The third kappa shape index (κ3) is 27.7. The molecule has 4 nitrogen and oxygen atoms in total. The van der Waals surface area contributed by atoms with Crippen LogP contribution in [0.1, 0.15) is 18.6 Å². The summed E-state index contributed by atoms with van der Waals surface area (Å²) in [7, 11) is -3.13.